The minimum atomic E-state index is -0.132. The first kappa shape index (κ1) is 23.8. The topological polar surface area (TPSA) is 53.4 Å². The summed E-state index contributed by atoms with van der Waals surface area (Å²) in [5.41, 5.74) is 3.89. The Kier molecular flexibility index (Phi) is 7.86. The van der Waals surface area contributed by atoms with E-state index in [9.17, 15) is 4.79 Å². The molecule has 5 nitrogen and oxygen atoms in total. The minimum Gasteiger partial charge on any atom is -0.494 e. The quantitative estimate of drug-likeness (QED) is 0.179. The molecule has 0 unspecified atom stereocenters. The first-order valence-electron chi connectivity index (χ1n) is 11.7. The highest BCUT2D eigenvalue weighted by Crippen LogP contribution is 2.31. The van der Waals surface area contributed by atoms with Crippen LogP contribution in [-0.2, 0) is 9.53 Å². The Balaban J connectivity index is 1.49. The maximum absolute atomic E-state index is 11.6. The molecule has 0 amide bonds. The van der Waals surface area contributed by atoms with Crippen LogP contribution < -0.4 is 4.74 Å². The molecule has 0 atom stereocenters. The highest BCUT2D eigenvalue weighted by atomic mass is 35.5. The van der Waals surface area contributed by atoms with Crippen LogP contribution in [0.4, 0.5) is 0 Å². The fraction of sp³-hybridized carbons (Fsp3) is 0.286. The number of carbonyl (C=O) groups is 1. The lowest BCUT2D eigenvalue weighted by atomic mass is 10.2. The first-order valence-corrected chi connectivity index (χ1v) is 12.1. The van der Waals surface area contributed by atoms with E-state index in [1.807, 2.05) is 74.5 Å². The Morgan fingerprint density at radius 2 is 1.74 bits per heavy atom. The summed E-state index contributed by atoms with van der Waals surface area (Å²) in [5, 5.41) is 0.693. The molecule has 0 N–H and O–H groups in total. The van der Waals surface area contributed by atoms with Gasteiger partial charge in [0.2, 0.25) is 0 Å². The Labute approximate surface area is 205 Å². The molecule has 1 heterocycles. The van der Waals surface area contributed by atoms with Crippen LogP contribution in [-0.4, -0.2) is 28.2 Å². The van der Waals surface area contributed by atoms with Crippen molar-refractivity contribution in [1.82, 2.24) is 9.55 Å². The van der Waals surface area contributed by atoms with Gasteiger partial charge in [-0.15, -0.1) is 0 Å². The number of fused-ring (bicyclic) bond motifs is 1. The fourth-order valence-corrected chi connectivity index (χ4v) is 3.96. The van der Waals surface area contributed by atoms with Crippen molar-refractivity contribution in [1.29, 1.82) is 0 Å². The van der Waals surface area contributed by atoms with E-state index in [0.29, 0.717) is 18.1 Å². The van der Waals surface area contributed by atoms with Crippen molar-refractivity contribution in [3.05, 3.63) is 77.8 Å². The summed E-state index contributed by atoms with van der Waals surface area (Å²) < 4.78 is 13.3. The third kappa shape index (κ3) is 5.97. The zero-order valence-corrected chi connectivity index (χ0v) is 20.3. The number of halogens is 1. The van der Waals surface area contributed by atoms with Gasteiger partial charge in [0.1, 0.15) is 11.6 Å². The molecule has 4 rings (SSSR count). The standard InChI is InChI=1S/C28H29ClN2O3/c1-20(2)34-27(32)11-7-4-8-18-33-24-16-17-25-26(19-24)31(23-9-5-3-6-10-23)28(30-25)21-12-14-22(29)15-13-21/h3,5-6,9-10,12-17,19-20H,4,7-8,11,18H2,1-2H3. The molecular weight excluding hydrogens is 448 g/mol. The maximum Gasteiger partial charge on any atom is 0.306 e. The lowest BCUT2D eigenvalue weighted by Gasteiger charge is -2.11. The van der Waals surface area contributed by atoms with Gasteiger partial charge in [0.25, 0.3) is 0 Å². The van der Waals surface area contributed by atoms with Gasteiger partial charge in [0.15, 0.2) is 0 Å². The van der Waals surface area contributed by atoms with Crippen molar-refractivity contribution in [2.24, 2.45) is 0 Å². The largest absolute Gasteiger partial charge is 0.494 e. The molecule has 0 aliphatic rings. The number of unbranched alkanes of at least 4 members (excludes halogenated alkanes) is 2. The number of nitrogens with zero attached hydrogens (tertiary/aromatic N) is 2. The Morgan fingerprint density at radius 3 is 2.47 bits per heavy atom. The predicted octanol–water partition coefficient (Wildman–Crippen LogP) is 7.24. The molecule has 176 valence electrons. The Morgan fingerprint density at radius 1 is 0.971 bits per heavy atom. The normalized spacial score (nSPS) is 11.2. The van der Waals surface area contributed by atoms with Crippen LogP contribution in [0.25, 0.3) is 28.1 Å². The summed E-state index contributed by atoms with van der Waals surface area (Å²) in [5.74, 6) is 1.52. The van der Waals surface area contributed by atoms with E-state index in [2.05, 4.69) is 16.7 Å². The van der Waals surface area contributed by atoms with Crippen LogP contribution in [0.15, 0.2) is 72.8 Å². The van der Waals surface area contributed by atoms with Gasteiger partial charge >= 0.3 is 5.97 Å². The summed E-state index contributed by atoms with van der Waals surface area (Å²) >= 11 is 6.10. The molecule has 0 aliphatic carbocycles. The Bertz CT molecular complexity index is 1230. The highest BCUT2D eigenvalue weighted by Gasteiger charge is 2.15. The predicted molar refractivity (Wildman–Crippen MR) is 137 cm³/mol. The average Bonchev–Trinajstić information content (AvgIpc) is 3.20. The summed E-state index contributed by atoms with van der Waals surface area (Å²) in [6.45, 7) is 4.32. The van der Waals surface area contributed by atoms with Crippen molar-refractivity contribution in [3.63, 3.8) is 0 Å². The van der Waals surface area contributed by atoms with E-state index in [-0.39, 0.29) is 12.1 Å². The van der Waals surface area contributed by atoms with Crippen LogP contribution in [0.3, 0.4) is 0 Å². The molecule has 6 heteroatoms. The van der Waals surface area contributed by atoms with Gasteiger partial charge in [0.05, 0.1) is 23.7 Å². The van der Waals surface area contributed by atoms with Crippen molar-refractivity contribution < 1.29 is 14.3 Å². The summed E-state index contributed by atoms with van der Waals surface area (Å²) in [7, 11) is 0. The van der Waals surface area contributed by atoms with Crippen molar-refractivity contribution in [2.75, 3.05) is 6.61 Å². The maximum atomic E-state index is 11.6. The van der Waals surface area contributed by atoms with E-state index in [1.165, 1.54) is 0 Å². The van der Waals surface area contributed by atoms with Crippen LogP contribution in [0, 0.1) is 0 Å². The molecule has 4 aromatic rings. The third-order valence-electron chi connectivity index (χ3n) is 5.40. The lowest BCUT2D eigenvalue weighted by molar-refractivity contribution is -0.147. The van der Waals surface area contributed by atoms with E-state index >= 15 is 0 Å². The molecule has 0 spiro atoms. The molecule has 0 saturated carbocycles. The van der Waals surface area contributed by atoms with Gasteiger partial charge in [-0.3, -0.25) is 9.36 Å². The van der Waals surface area contributed by atoms with E-state index in [1.54, 1.807) is 0 Å². The van der Waals surface area contributed by atoms with Gasteiger partial charge in [-0.2, -0.15) is 0 Å². The summed E-state index contributed by atoms with van der Waals surface area (Å²) in [4.78, 5) is 16.5. The van der Waals surface area contributed by atoms with Crippen LogP contribution in [0.5, 0.6) is 5.75 Å². The van der Waals surface area contributed by atoms with Gasteiger partial charge in [0, 0.05) is 28.8 Å². The minimum absolute atomic E-state index is 0.0599. The lowest BCUT2D eigenvalue weighted by Crippen LogP contribution is -2.11. The first-order chi connectivity index (χ1) is 16.5. The number of carbonyl (C=O) groups excluding carboxylic acids is 1. The number of rotatable bonds is 10. The van der Waals surface area contributed by atoms with Crippen molar-refractivity contribution in [2.45, 2.75) is 45.6 Å². The van der Waals surface area contributed by atoms with Crippen LogP contribution >= 0.6 is 11.6 Å². The molecular formula is C28H29ClN2O3. The second-order valence-electron chi connectivity index (χ2n) is 8.46. The molecule has 0 aliphatic heterocycles. The number of aromatic nitrogens is 2. The molecule has 0 saturated heterocycles. The number of hydrogen-bond acceptors (Lipinski definition) is 4. The van der Waals surface area contributed by atoms with Gasteiger partial charge in [-0.05, 0) is 81.6 Å². The molecule has 1 aromatic heterocycles. The van der Waals surface area contributed by atoms with Gasteiger partial charge in [-0.1, -0.05) is 29.8 Å². The third-order valence-corrected chi connectivity index (χ3v) is 5.66. The smallest absolute Gasteiger partial charge is 0.306 e. The van der Waals surface area contributed by atoms with Crippen molar-refractivity contribution >= 4 is 28.6 Å². The average molecular weight is 477 g/mol. The number of para-hydroxylation sites is 1. The summed E-state index contributed by atoms with van der Waals surface area (Å²) in [6, 6.07) is 23.9. The molecule has 34 heavy (non-hydrogen) atoms. The highest BCUT2D eigenvalue weighted by molar-refractivity contribution is 6.30. The summed E-state index contributed by atoms with van der Waals surface area (Å²) in [6.07, 6.45) is 2.99. The SMILES string of the molecule is CC(C)OC(=O)CCCCCOc1ccc2nc(-c3ccc(Cl)cc3)n(-c3ccccc3)c2c1. The molecule has 0 fully saturated rings. The second-order valence-corrected chi connectivity index (χ2v) is 8.90. The zero-order valence-electron chi connectivity index (χ0n) is 19.5. The molecule has 3 aromatic carbocycles. The number of benzene rings is 3. The fourth-order valence-electron chi connectivity index (χ4n) is 3.84. The van der Waals surface area contributed by atoms with Gasteiger partial charge < -0.3 is 9.47 Å². The Hall–Kier alpha value is -3.31. The second kappa shape index (κ2) is 11.2. The number of hydrogen-bond donors (Lipinski definition) is 0. The molecule has 0 bridgehead atoms. The van der Waals surface area contributed by atoms with E-state index < -0.39 is 0 Å². The number of imidazole rings is 1. The number of esters is 1. The van der Waals surface area contributed by atoms with E-state index in [4.69, 9.17) is 26.1 Å². The molecule has 0 radical (unpaired) electrons. The van der Waals surface area contributed by atoms with Gasteiger partial charge in [-0.25, -0.2) is 4.98 Å². The van der Waals surface area contributed by atoms with Crippen LogP contribution in [0.1, 0.15) is 39.5 Å². The van der Waals surface area contributed by atoms with Crippen molar-refractivity contribution in [3.8, 4) is 22.8 Å². The van der Waals surface area contributed by atoms with E-state index in [0.717, 1.165) is 53.1 Å². The monoisotopic (exact) mass is 476 g/mol. The number of ether oxygens (including phenoxy) is 2. The van der Waals surface area contributed by atoms with Crippen LogP contribution in [0.2, 0.25) is 5.02 Å². The zero-order chi connectivity index (χ0) is 23.9.